The summed E-state index contributed by atoms with van der Waals surface area (Å²) in [5.41, 5.74) is 2.74. The van der Waals surface area contributed by atoms with E-state index in [1.807, 2.05) is 0 Å². The summed E-state index contributed by atoms with van der Waals surface area (Å²) in [5, 5.41) is 3.69. The maximum Gasteiger partial charge on any atom is 0.123 e. The maximum atomic E-state index is 5.54. The highest BCUT2D eigenvalue weighted by Gasteiger charge is 2.35. The van der Waals surface area contributed by atoms with Gasteiger partial charge in [0.1, 0.15) is 5.75 Å². The van der Waals surface area contributed by atoms with Gasteiger partial charge in [-0.15, -0.1) is 0 Å². The lowest BCUT2D eigenvalue weighted by Gasteiger charge is -2.47. The molecule has 1 atom stereocenters. The summed E-state index contributed by atoms with van der Waals surface area (Å²) in [6.45, 7) is 14.4. The minimum Gasteiger partial charge on any atom is -0.496 e. The number of benzene rings is 1. The standard InChI is InChI=1S/C18H30N2O/c1-13(2)16-11-20(18(4,5)12-19-16)10-15-9-14(3)7-8-17(15)21-6/h7-9,13,16,19H,10-12H2,1-6H3. The Morgan fingerprint density at radius 3 is 2.71 bits per heavy atom. The topological polar surface area (TPSA) is 24.5 Å². The number of piperazine rings is 1. The SMILES string of the molecule is COc1ccc(C)cc1CN1CC(C(C)C)NCC1(C)C. The highest BCUT2D eigenvalue weighted by molar-refractivity contribution is 5.37. The van der Waals surface area contributed by atoms with Gasteiger partial charge in [-0.1, -0.05) is 31.5 Å². The van der Waals surface area contributed by atoms with Crippen LogP contribution in [-0.4, -0.2) is 36.7 Å². The summed E-state index contributed by atoms with van der Waals surface area (Å²) in [4.78, 5) is 2.59. The molecule has 0 saturated carbocycles. The molecule has 2 rings (SSSR count). The number of ether oxygens (including phenoxy) is 1. The first kappa shape index (κ1) is 16.3. The second-order valence-corrected chi connectivity index (χ2v) is 7.24. The van der Waals surface area contributed by atoms with Gasteiger partial charge in [-0.05, 0) is 32.8 Å². The lowest BCUT2D eigenvalue weighted by molar-refractivity contribution is 0.0468. The van der Waals surface area contributed by atoms with E-state index in [9.17, 15) is 0 Å². The van der Waals surface area contributed by atoms with E-state index in [-0.39, 0.29) is 5.54 Å². The molecule has 1 unspecified atom stereocenters. The van der Waals surface area contributed by atoms with Crippen molar-refractivity contribution in [2.24, 2.45) is 5.92 Å². The highest BCUT2D eigenvalue weighted by Crippen LogP contribution is 2.27. The van der Waals surface area contributed by atoms with Gasteiger partial charge in [0.2, 0.25) is 0 Å². The first-order valence-corrected chi connectivity index (χ1v) is 7.95. The Balaban J connectivity index is 2.21. The minimum atomic E-state index is 0.167. The van der Waals surface area contributed by atoms with Crippen molar-refractivity contribution in [2.75, 3.05) is 20.2 Å². The van der Waals surface area contributed by atoms with Gasteiger partial charge in [-0.25, -0.2) is 0 Å². The molecule has 1 fully saturated rings. The lowest BCUT2D eigenvalue weighted by Crippen LogP contribution is -2.62. The molecule has 21 heavy (non-hydrogen) atoms. The van der Waals surface area contributed by atoms with Gasteiger partial charge in [-0.2, -0.15) is 0 Å². The predicted molar refractivity (Wildman–Crippen MR) is 88.8 cm³/mol. The Morgan fingerprint density at radius 2 is 2.10 bits per heavy atom. The van der Waals surface area contributed by atoms with Crippen molar-refractivity contribution in [1.82, 2.24) is 10.2 Å². The van der Waals surface area contributed by atoms with Crippen LogP contribution in [0.5, 0.6) is 5.75 Å². The van der Waals surface area contributed by atoms with Gasteiger partial charge in [0, 0.05) is 36.8 Å². The number of nitrogens with zero attached hydrogens (tertiary/aromatic N) is 1. The van der Waals surface area contributed by atoms with E-state index < -0.39 is 0 Å². The van der Waals surface area contributed by atoms with Gasteiger partial charge >= 0.3 is 0 Å². The van der Waals surface area contributed by atoms with E-state index in [4.69, 9.17) is 4.74 Å². The summed E-state index contributed by atoms with van der Waals surface area (Å²) in [6, 6.07) is 7.01. The van der Waals surface area contributed by atoms with Gasteiger partial charge in [0.15, 0.2) is 0 Å². The molecule has 0 amide bonds. The fourth-order valence-corrected chi connectivity index (χ4v) is 3.00. The summed E-state index contributed by atoms with van der Waals surface area (Å²) in [6.07, 6.45) is 0. The molecule has 1 heterocycles. The number of aryl methyl sites for hydroxylation is 1. The van der Waals surface area contributed by atoms with Crippen LogP contribution in [0.3, 0.4) is 0 Å². The van der Waals surface area contributed by atoms with Crippen molar-refractivity contribution in [1.29, 1.82) is 0 Å². The molecule has 1 N–H and O–H groups in total. The summed E-state index contributed by atoms with van der Waals surface area (Å²) >= 11 is 0. The van der Waals surface area contributed by atoms with E-state index in [1.165, 1.54) is 11.1 Å². The van der Waals surface area contributed by atoms with E-state index in [2.05, 4.69) is 63.0 Å². The Labute approximate surface area is 129 Å². The van der Waals surface area contributed by atoms with Crippen molar-refractivity contribution >= 4 is 0 Å². The normalized spacial score (nSPS) is 22.5. The van der Waals surface area contributed by atoms with E-state index in [0.717, 1.165) is 25.4 Å². The molecule has 1 saturated heterocycles. The Hall–Kier alpha value is -1.06. The monoisotopic (exact) mass is 290 g/mol. The van der Waals surface area contributed by atoms with Crippen LogP contribution < -0.4 is 10.1 Å². The fourth-order valence-electron chi connectivity index (χ4n) is 3.00. The van der Waals surface area contributed by atoms with Crippen LogP contribution in [-0.2, 0) is 6.54 Å². The minimum absolute atomic E-state index is 0.167. The summed E-state index contributed by atoms with van der Waals surface area (Å²) in [5.74, 6) is 1.65. The Morgan fingerprint density at radius 1 is 1.38 bits per heavy atom. The number of methoxy groups -OCH3 is 1. The first-order valence-electron chi connectivity index (χ1n) is 7.95. The zero-order chi connectivity index (χ0) is 15.6. The van der Waals surface area contributed by atoms with Crippen molar-refractivity contribution in [3.05, 3.63) is 29.3 Å². The van der Waals surface area contributed by atoms with Crippen LogP contribution in [0.25, 0.3) is 0 Å². The average molecular weight is 290 g/mol. The highest BCUT2D eigenvalue weighted by atomic mass is 16.5. The fraction of sp³-hybridized carbons (Fsp3) is 0.667. The molecule has 0 aromatic heterocycles. The Kier molecular flexibility index (Phi) is 4.95. The van der Waals surface area contributed by atoms with E-state index >= 15 is 0 Å². The number of hydrogen-bond acceptors (Lipinski definition) is 3. The molecule has 0 spiro atoms. The van der Waals surface area contributed by atoms with Gasteiger partial charge in [0.25, 0.3) is 0 Å². The molecule has 1 aliphatic rings. The van der Waals surface area contributed by atoms with E-state index in [1.54, 1.807) is 7.11 Å². The van der Waals surface area contributed by atoms with Crippen molar-refractivity contribution in [3.8, 4) is 5.75 Å². The molecule has 3 heteroatoms. The van der Waals surface area contributed by atoms with Crippen LogP contribution >= 0.6 is 0 Å². The second kappa shape index (κ2) is 6.37. The second-order valence-electron chi connectivity index (χ2n) is 7.24. The third kappa shape index (κ3) is 3.78. The van der Waals surface area contributed by atoms with Crippen LogP contribution in [0, 0.1) is 12.8 Å². The smallest absolute Gasteiger partial charge is 0.123 e. The number of rotatable bonds is 4. The third-order valence-corrected chi connectivity index (χ3v) is 4.67. The van der Waals surface area contributed by atoms with Gasteiger partial charge < -0.3 is 10.1 Å². The van der Waals surface area contributed by atoms with Gasteiger partial charge in [0.05, 0.1) is 7.11 Å². The van der Waals surface area contributed by atoms with Crippen LogP contribution in [0.1, 0.15) is 38.8 Å². The Bertz CT molecular complexity index is 482. The number of nitrogens with one attached hydrogen (secondary N) is 1. The molecule has 0 bridgehead atoms. The molecular formula is C18H30N2O. The summed E-state index contributed by atoms with van der Waals surface area (Å²) < 4.78 is 5.54. The summed E-state index contributed by atoms with van der Waals surface area (Å²) in [7, 11) is 1.76. The molecule has 3 nitrogen and oxygen atoms in total. The van der Waals surface area contributed by atoms with Crippen LogP contribution in [0.15, 0.2) is 18.2 Å². The van der Waals surface area contributed by atoms with Crippen molar-refractivity contribution in [3.63, 3.8) is 0 Å². The molecule has 118 valence electrons. The predicted octanol–water partition coefficient (Wildman–Crippen LogP) is 3.21. The average Bonchev–Trinajstić information content (AvgIpc) is 2.41. The molecular weight excluding hydrogens is 260 g/mol. The number of hydrogen-bond donors (Lipinski definition) is 1. The third-order valence-electron chi connectivity index (χ3n) is 4.67. The van der Waals surface area contributed by atoms with Crippen molar-refractivity contribution in [2.45, 2.75) is 52.7 Å². The lowest BCUT2D eigenvalue weighted by atomic mass is 9.92. The van der Waals surface area contributed by atoms with Gasteiger partial charge in [-0.3, -0.25) is 4.90 Å². The van der Waals surface area contributed by atoms with Crippen LogP contribution in [0.2, 0.25) is 0 Å². The largest absolute Gasteiger partial charge is 0.496 e. The molecule has 1 aromatic carbocycles. The maximum absolute atomic E-state index is 5.54. The molecule has 1 aliphatic heterocycles. The van der Waals surface area contributed by atoms with Crippen molar-refractivity contribution < 1.29 is 4.74 Å². The molecule has 0 radical (unpaired) electrons. The van der Waals surface area contributed by atoms with Crippen LogP contribution in [0.4, 0.5) is 0 Å². The zero-order valence-corrected chi connectivity index (χ0v) is 14.4. The zero-order valence-electron chi connectivity index (χ0n) is 14.4. The molecule has 1 aromatic rings. The van der Waals surface area contributed by atoms with E-state index in [0.29, 0.717) is 12.0 Å². The molecule has 0 aliphatic carbocycles. The quantitative estimate of drug-likeness (QED) is 0.921. The first-order chi connectivity index (χ1) is 9.83.